The van der Waals surface area contributed by atoms with Crippen LogP contribution in [0.3, 0.4) is 0 Å². The third-order valence-electron chi connectivity index (χ3n) is 17.5. The van der Waals surface area contributed by atoms with Crippen LogP contribution in [0.5, 0.6) is 11.5 Å². The van der Waals surface area contributed by atoms with Crippen LogP contribution in [0.4, 0.5) is 0 Å². The van der Waals surface area contributed by atoms with Crippen molar-refractivity contribution < 1.29 is 9.47 Å². The van der Waals surface area contributed by atoms with Crippen molar-refractivity contribution in [1.82, 2.24) is 0 Å². The highest BCUT2D eigenvalue weighted by Gasteiger charge is 2.17. The van der Waals surface area contributed by atoms with Crippen LogP contribution in [-0.2, 0) is 21.7 Å². The van der Waals surface area contributed by atoms with Crippen molar-refractivity contribution in [2.45, 2.75) is 118 Å². The quantitative estimate of drug-likeness (QED) is 0.149. The Hall–Kier alpha value is -13.6. The van der Waals surface area contributed by atoms with Gasteiger partial charge in [0.15, 0.2) is 0 Å². The van der Waals surface area contributed by atoms with Crippen LogP contribution in [0.25, 0.3) is 108 Å². The standard InChI is InChI=1S/C106H86N2O2/c1-103(2,3)97-65-85-19-13-14-20-86-60-90(70-98(66-86)104(4,5)6)48-40-78-25-33-82(34-26-78)45-53-95-64-96(76-102(75-95)110-58-18-56-108)54-46-84-37-29-80(30-38-84)42-50-92-62-88(68-100(72-92)106(10,11)12)22-16-15-21-87-61-91(71-99(67-87)105(7,8)9)49-41-79-27-35-83(36-28-79)44-52-94-63-93(73-101(74-94)109-57-17-55-107)51-43-81-31-23-77(24-32-81)39-47-89(59-85)69-97/h23-38,59-76H,17-18,55-58,107-108H2,1-12H3. The van der Waals surface area contributed by atoms with E-state index >= 15 is 0 Å². The topological polar surface area (TPSA) is 70.5 Å². The molecule has 17 aromatic rings. The molecule has 0 radical (unpaired) electrons. The summed E-state index contributed by atoms with van der Waals surface area (Å²) in [6, 6.07) is 149. The van der Waals surface area contributed by atoms with Crippen molar-refractivity contribution in [2.75, 3.05) is 26.3 Å². The van der Waals surface area contributed by atoms with Gasteiger partial charge in [-0.3, -0.25) is 0 Å². The van der Waals surface area contributed by atoms with Gasteiger partial charge in [0.25, 0.3) is 0 Å². The molecule has 0 aromatic heterocycles. The summed E-state index contributed by atoms with van der Waals surface area (Å²) in [5.41, 5.74) is 15.6. The Morgan fingerprint density at radius 3 is 0.500 bits per heavy atom. The van der Waals surface area contributed by atoms with Gasteiger partial charge in [0.2, 0.25) is 0 Å². The maximum atomic E-state index is 6.15. The summed E-state index contributed by atoms with van der Waals surface area (Å²) in [5.74, 6) is 1.35. The molecule has 4 N–H and O–H groups in total. The number of ether oxygens (including phenoxy) is 2. The van der Waals surface area contributed by atoms with E-state index in [0.29, 0.717) is 37.8 Å². The average molecular weight is 1420 g/mol. The summed E-state index contributed by atoms with van der Waals surface area (Å²) in [5, 5.41) is 16.7. The zero-order valence-electron chi connectivity index (χ0n) is 64.8. The van der Waals surface area contributed by atoms with Gasteiger partial charge in [-0.1, -0.05) is 204 Å². The number of benzene rings is 10. The second-order valence-corrected chi connectivity index (χ2v) is 31.0. The Bertz CT molecular complexity index is 5110. The maximum absolute atomic E-state index is 6.15. The molecule has 0 spiro atoms. The normalized spacial score (nSPS) is 10.5. The lowest BCUT2D eigenvalue weighted by Gasteiger charge is -2.18. The van der Waals surface area contributed by atoms with Gasteiger partial charge in [-0.2, -0.15) is 0 Å². The molecular formula is C106H86N2O2. The molecule has 0 heterocycles. The van der Waals surface area contributed by atoms with Gasteiger partial charge in [0.05, 0.1) is 13.2 Å². The summed E-state index contributed by atoms with van der Waals surface area (Å²) < 4.78 is 12.3. The van der Waals surface area contributed by atoms with Crippen molar-refractivity contribution in [2.24, 2.45) is 11.5 Å². The first-order valence-electron chi connectivity index (χ1n) is 37.0. The Morgan fingerprint density at radius 1 is 0.200 bits per heavy atom. The van der Waals surface area contributed by atoms with Gasteiger partial charge < -0.3 is 20.9 Å². The smallest absolute Gasteiger partial charge is 0.121 e. The minimum Gasteiger partial charge on any atom is -0.493 e. The molecule has 0 saturated heterocycles. The zero-order valence-corrected chi connectivity index (χ0v) is 64.8. The first-order valence-corrected chi connectivity index (χ1v) is 37.0. The molecule has 0 fully saturated rings. The minimum absolute atomic E-state index is 0.147. The van der Waals surface area contributed by atoms with Crippen LogP contribution < -0.4 is 20.9 Å². The Balaban J connectivity index is 0.996. The lowest BCUT2D eigenvalue weighted by atomic mass is 9.86. The third kappa shape index (κ3) is 23.7. The van der Waals surface area contributed by atoms with E-state index in [-0.39, 0.29) is 21.7 Å². The SMILES string of the molecule is CC(C)(C)c1cc2c#cc#cc3cc(C(C)(C)C)cc(c#cc4ccc(c#cc5cc(OCCCN)cc(c#cc6ccc(c#cc7cc(C(C)(C)C)cc(c#cc#cc8cc(C(C)(C)C)cc(c#cc9ccc(c#cc%10cc(OCCCN)cc(c#cc%11ccc(c#cc(c1)c2)cc%11)c%10)cc9)c8)c7)cc6)c5)cc4)c3. The van der Waals surface area contributed by atoms with Crippen LogP contribution >= 0.6 is 0 Å². The predicted molar refractivity (Wildman–Crippen MR) is 454 cm³/mol. The highest BCUT2D eigenvalue weighted by atomic mass is 16.5. The highest BCUT2D eigenvalue weighted by molar-refractivity contribution is 5.75. The maximum Gasteiger partial charge on any atom is 0.121 e. The van der Waals surface area contributed by atoms with E-state index in [2.05, 4.69) is 277 Å². The molecule has 20 bridgehead atoms. The fourth-order valence-corrected chi connectivity index (χ4v) is 11.1. The second-order valence-electron chi connectivity index (χ2n) is 31.0. The molecule has 17 aromatic carbocycles. The Labute approximate surface area is 654 Å². The van der Waals surface area contributed by atoms with E-state index in [1.165, 1.54) is 0 Å². The van der Waals surface area contributed by atoms with Crippen molar-refractivity contribution in [3.63, 3.8) is 0 Å². The van der Waals surface area contributed by atoms with Gasteiger partial charge in [-0.25, -0.2) is 0 Å². The molecule has 17 rings (SSSR count). The number of hydrogen-bond donors (Lipinski definition) is 2. The monoisotopic (exact) mass is 1420 g/mol. The molecule has 0 aliphatic carbocycles. The summed E-state index contributed by atoms with van der Waals surface area (Å²) in [4.78, 5) is 0. The van der Waals surface area contributed by atoms with Gasteiger partial charge in [0.1, 0.15) is 11.5 Å². The predicted octanol–water partition coefficient (Wildman–Crippen LogP) is 23.8. The van der Waals surface area contributed by atoms with Crippen LogP contribution in [0.15, 0.2) is 206 Å². The van der Waals surface area contributed by atoms with E-state index in [1.807, 2.05) is 158 Å². The zero-order chi connectivity index (χ0) is 77.7. The van der Waals surface area contributed by atoms with Gasteiger partial charge in [-0.05, 0) is 300 Å². The molecule has 4 heteroatoms. The third-order valence-corrected chi connectivity index (χ3v) is 17.5. The molecule has 0 aliphatic heterocycles. The van der Waals surface area contributed by atoms with E-state index in [0.717, 1.165) is 143 Å². The van der Waals surface area contributed by atoms with Gasteiger partial charge in [-0.15, -0.1) is 0 Å². The number of rotatable bonds is 8. The minimum atomic E-state index is -0.147. The van der Waals surface area contributed by atoms with Gasteiger partial charge in [0, 0.05) is 108 Å². The summed E-state index contributed by atoms with van der Waals surface area (Å²) in [6.45, 7) is 28.3. The second kappa shape index (κ2) is 35.7. The Morgan fingerprint density at radius 2 is 0.345 bits per heavy atom. The van der Waals surface area contributed by atoms with Crippen LogP contribution in [0.2, 0.25) is 0 Å². The molecule has 0 amide bonds. The molecule has 110 heavy (non-hydrogen) atoms. The summed E-state index contributed by atoms with van der Waals surface area (Å²) in [7, 11) is 0. The van der Waals surface area contributed by atoms with Gasteiger partial charge >= 0.3 is 0 Å². The fraction of sp³-hybridized carbons (Fsp3) is 0.208. The number of hydrogen-bond acceptors (Lipinski definition) is 4. The highest BCUT2D eigenvalue weighted by Crippen LogP contribution is 2.29. The van der Waals surface area contributed by atoms with Crippen LogP contribution in [-0.4, -0.2) is 26.3 Å². The van der Waals surface area contributed by atoms with Crippen molar-refractivity contribution >= 4 is 108 Å². The molecule has 0 aliphatic rings. The molecule has 0 atom stereocenters. The van der Waals surface area contributed by atoms with Crippen LogP contribution in [0, 0.1) is 146 Å². The molecule has 0 unspecified atom stereocenters. The lowest BCUT2D eigenvalue weighted by Crippen LogP contribution is -2.10. The van der Waals surface area contributed by atoms with E-state index in [4.69, 9.17) is 20.9 Å². The number of nitrogens with two attached hydrogens (primary N) is 2. The largest absolute Gasteiger partial charge is 0.493 e. The molecule has 532 valence electrons. The fourth-order valence-electron chi connectivity index (χ4n) is 11.1. The van der Waals surface area contributed by atoms with Crippen molar-refractivity contribution in [1.29, 1.82) is 0 Å². The van der Waals surface area contributed by atoms with Crippen molar-refractivity contribution in [3.05, 3.63) is 374 Å². The first-order chi connectivity index (χ1) is 52.8. The first kappa shape index (κ1) is 77.5. The van der Waals surface area contributed by atoms with Crippen LogP contribution in [0.1, 0.15) is 118 Å². The summed E-state index contributed by atoms with van der Waals surface area (Å²) >= 11 is 0. The summed E-state index contributed by atoms with van der Waals surface area (Å²) in [6.07, 6.45) is 1.44. The lowest BCUT2D eigenvalue weighted by molar-refractivity contribution is 0.314. The van der Waals surface area contributed by atoms with E-state index in [9.17, 15) is 0 Å². The Kier molecular flexibility index (Phi) is 25.2. The molecular weight excluding hydrogens is 1330 g/mol. The van der Waals surface area contributed by atoms with E-state index < -0.39 is 0 Å². The van der Waals surface area contributed by atoms with Crippen molar-refractivity contribution in [3.8, 4) is 11.5 Å². The molecule has 4 nitrogen and oxygen atoms in total. The average Bonchev–Trinajstić information content (AvgIpc) is 0.837. The van der Waals surface area contributed by atoms with E-state index in [1.54, 1.807) is 0 Å². The molecule has 0 saturated carbocycles.